The van der Waals surface area contributed by atoms with Gasteiger partial charge in [-0.3, -0.25) is 25.2 Å². The molecule has 0 saturated heterocycles. The van der Waals surface area contributed by atoms with Gasteiger partial charge in [0.15, 0.2) is 0 Å². The normalized spacial score (nSPS) is 14.6. The average molecular weight is 313 g/mol. The van der Waals surface area contributed by atoms with Crippen LogP contribution in [0.1, 0.15) is 23.2 Å². The number of para-hydroxylation sites is 1. The van der Waals surface area contributed by atoms with E-state index in [1.165, 1.54) is 7.05 Å². The van der Waals surface area contributed by atoms with E-state index in [2.05, 4.69) is 20.9 Å². The summed E-state index contributed by atoms with van der Waals surface area (Å²) in [5.74, 6) is -1.11. The summed E-state index contributed by atoms with van der Waals surface area (Å²) in [7, 11) is 1.49. The highest BCUT2D eigenvalue weighted by Crippen LogP contribution is 2.17. The van der Waals surface area contributed by atoms with E-state index in [0.29, 0.717) is 5.56 Å². The highest BCUT2D eigenvalue weighted by atomic mass is 16.2. The number of H-pyrrole nitrogens is 1. The molecular formula is C15H15N5O3. The number of rotatable bonds is 2. The lowest BCUT2D eigenvalue weighted by molar-refractivity contribution is -0.130. The van der Waals surface area contributed by atoms with Crippen molar-refractivity contribution in [1.82, 2.24) is 20.8 Å². The van der Waals surface area contributed by atoms with Gasteiger partial charge in [0.05, 0.1) is 5.56 Å². The number of carbonyl (C=O) groups excluding carboxylic acids is 3. The topological polar surface area (TPSA) is 107 Å². The zero-order chi connectivity index (χ0) is 16.4. The molecule has 0 unspecified atom stereocenters. The summed E-state index contributed by atoms with van der Waals surface area (Å²) >= 11 is 0. The third-order valence-electron chi connectivity index (χ3n) is 3.59. The fourth-order valence-electron chi connectivity index (χ4n) is 2.35. The maximum Gasteiger partial charge on any atom is 0.285 e. The summed E-state index contributed by atoms with van der Waals surface area (Å²) in [6.07, 6.45) is 2.05. The van der Waals surface area contributed by atoms with E-state index < -0.39 is 11.8 Å². The van der Waals surface area contributed by atoms with Crippen LogP contribution < -0.4 is 10.9 Å². The molecule has 1 aromatic heterocycles. The van der Waals surface area contributed by atoms with Crippen molar-refractivity contribution >= 4 is 34.3 Å². The fourth-order valence-corrected chi connectivity index (χ4v) is 2.35. The van der Waals surface area contributed by atoms with E-state index in [9.17, 15) is 14.4 Å². The van der Waals surface area contributed by atoms with Crippen molar-refractivity contribution in [2.75, 3.05) is 7.05 Å². The Morgan fingerprint density at radius 2 is 1.91 bits per heavy atom. The molecule has 3 rings (SSSR count). The molecule has 1 aliphatic rings. The van der Waals surface area contributed by atoms with Crippen molar-refractivity contribution in [2.45, 2.75) is 12.8 Å². The summed E-state index contributed by atoms with van der Waals surface area (Å²) in [6.45, 7) is 0. The molecule has 0 spiro atoms. The van der Waals surface area contributed by atoms with Gasteiger partial charge in [-0.15, -0.1) is 0 Å². The highest BCUT2D eigenvalue weighted by molar-refractivity contribution is 6.39. The molecule has 1 aromatic carbocycles. The Balaban J connectivity index is 1.66. The number of nitrogens with one attached hydrogen (secondary N) is 3. The first-order valence-corrected chi connectivity index (χ1v) is 7.07. The van der Waals surface area contributed by atoms with Crippen LogP contribution in [0.25, 0.3) is 10.9 Å². The number of fused-ring (bicyclic) bond motifs is 1. The van der Waals surface area contributed by atoms with Crippen molar-refractivity contribution in [3.63, 3.8) is 0 Å². The molecule has 2 aromatic rings. The van der Waals surface area contributed by atoms with E-state index in [1.54, 1.807) is 6.20 Å². The van der Waals surface area contributed by atoms with Crippen LogP contribution in [-0.4, -0.2) is 40.5 Å². The third kappa shape index (κ3) is 2.91. The number of benzene rings is 1. The largest absolute Gasteiger partial charge is 0.360 e. The second-order valence-electron chi connectivity index (χ2n) is 5.12. The van der Waals surface area contributed by atoms with Gasteiger partial charge in [0.2, 0.25) is 5.91 Å². The Bertz CT molecular complexity index is 823. The fraction of sp³-hybridized carbons (Fsp3) is 0.200. The molecule has 0 radical (unpaired) electrons. The first-order chi connectivity index (χ1) is 11.1. The van der Waals surface area contributed by atoms with Crippen molar-refractivity contribution in [3.05, 3.63) is 36.0 Å². The van der Waals surface area contributed by atoms with Crippen LogP contribution in [0.4, 0.5) is 0 Å². The Morgan fingerprint density at radius 1 is 1.17 bits per heavy atom. The minimum Gasteiger partial charge on any atom is -0.360 e. The lowest BCUT2D eigenvalue weighted by atomic mass is 10.1. The number of hydrazine groups is 1. The number of hydrazone groups is 1. The van der Waals surface area contributed by atoms with E-state index in [1.807, 2.05) is 24.3 Å². The minimum atomic E-state index is -0.530. The lowest BCUT2D eigenvalue weighted by Gasteiger charge is -2.18. The van der Waals surface area contributed by atoms with Crippen LogP contribution in [0.2, 0.25) is 0 Å². The number of aromatic nitrogens is 1. The van der Waals surface area contributed by atoms with Gasteiger partial charge in [0.25, 0.3) is 11.8 Å². The molecule has 0 atom stereocenters. The molecule has 23 heavy (non-hydrogen) atoms. The smallest absolute Gasteiger partial charge is 0.285 e. The van der Waals surface area contributed by atoms with E-state index >= 15 is 0 Å². The quantitative estimate of drug-likeness (QED) is 0.704. The van der Waals surface area contributed by atoms with Crippen LogP contribution >= 0.6 is 0 Å². The number of nitrogens with zero attached hydrogens (tertiary/aromatic N) is 2. The number of carbonyl (C=O) groups is 3. The third-order valence-corrected chi connectivity index (χ3v) is 3.59. The molecule has 3 amide bonds. The zero-order valence-corrected chi connectivity index (χ0v) is 12.4. The molecule has 8 heteroatoms. The van der Waals surface area contributed by atoms with Crippen LogP contribution in [0.15, 0.2) is 35.6 Å². The zero-order valence-electron chi connectivity index (χ0n) is 12.4. The van der Waals surface area contributed by atoms with Gasteiger partial charge >= 0.3 is 0 Å². The van der Waals surface area contributed by atoms with Crippen LogP contribution in [0.5, 0.6) is 0 Å². The van der Waals surface area contributed by atoms with Gasteiger partial charge in [-0.25, -0.2) is 5.01 Å². The Hall–Kier alpha value is -3.16. The molecule has 0 aliphatic carbocycles. The van der Waals surface area contributed by atoms with Gasteiger partial charge in [-0.2, -0.15) is 5.10 Å². The van der Waals surface area contributed by atoms with Crippen molar-refractivity contribution < 1.29 is 14.4 Å². The molecular weight excluding hydrogens is 298 g/mol. The molecule has 0 saturated carbocycles. The van der Waals surface area contributed by atoms with Crippen molar-refractivity contribution in [1.29, 1.82) is 0 Å². The summed E-state index contributed by atoms with van der Waals surface area (Å²) in [5.41, 5.74) is 6.14. The summed E-state index contributed by atoms with van der Waals surface area (Å²) in [4.78, 5) is 38.5. The number of hydrogen-bond acceptors (Lipinski definition) is 4. The number of hydrogen-bond donors (Lipinski definition) is 3. The van der Waals surface area contributed by atoms with E-state index in [4.69, 9.17) is 0 Å². The molecule has 8 nitrogen and oxygen atoms in total. The SMILES string of the molecule is CN1N=C(C(=O)NNC(=O)c2c[nH]c3ccccc23)CCC1=O. The van der Waals surface area contributed by atoms with Gasteiger partial charge in [-0.1, -0.05) is 18.2 Å². The van der Waals surface area contributed by atoms with E-state index in [-0.39, 0.29) is 24.5 Å². The number of aromatic amines is 1. The van der Waals surface area contributed by atoms with Gasteiger partial charge < -0.3 is 4.98 Å². The molecule has 1 aliphatic heterocycles. The minimum absolute atomic E-state index is 0.149. The Kier molecular flexibility index (Phi) is 3.80. The first kappa shape index (κ1) is 14.8. The Morgan fingerprint density at radius 3 is 2.70 bits per heavy atom. The maximum atomic E-state index is 12.2. The van der Waals surface area contributed by atoms with Gasteiger partial charge in [0, 0.05) is 37.0 Å². The lowest BCUT2D eigenvalue weighted by Crippen LogP contribution is -2.46. The van der Waals surface area contributed by atoms with Gasteiger partial charge in [-0.05, 0) is 6.07 Å². The molecule has 0 fully saturated rings. The maximum absolute atomic E-state index is 12.2. The summed E-state index contributed by atoms with van der Waals surface area (Å²) in [5, 5.41) is 5.77. The first-order valence-electron chi connectivity index (χ1n) is 7.07. The van der Waals surface area contributed by atoms with E-state index in [0.717, 1.165) is 15.9 Å². The monoisotopic (exact) mass is 313 g/mol. The van der Waals surface area contributed by atoms with Crippen LogP contribution in [-0.2, 0) is 9.59 Å². The summed E-state index contributed by atoms with van der Waals surface area (Å²) in [6, 6.07) is 7.36. The number of amides is 3. The Labute approximate surface area is 131 Å². The molecule has 0 bridgehead atoms. The summed E-state index contributed by atoms with van der Waals surface area (Å²) < 4.78 is 0. The molecule has 3 N–H and O–H groups in total. The predicted octanol–water partition coefficient (Wildman–Crippen LogP) is 0.537. The molecule has 118 valence electrons. The second kappa shape index (κ2) is 5.91. The highest BCUT2D eigenvalue weighted by Gasteiger charge is 2.22. The van der Waals surface area contributed by atoms with Crippen molar-refractivity contribution in [3.8, 4) is 0 Å². The standard InChI is InChI=1S/C15H15N5O3/c1-20-13(21)7-6-12(19-20)15(23)18-17-14(22)10-8-16-11-5-3-2-4-9(10)11/h2-5,8,16H,6-7H2,1H3,(H,17,22)(H,18,23). The molecule has 2 heterocycles. The second-order valence-corrected chi connectivity index (χ2v) is 5.12. The van der Waals surface area contributed by atoms with Crippen molar-refractivity contribution in [2.24, 2.45) is 5.10 Å². The predicted molar refractivity (Wildman–Crippen MR) is 83.3 cm³/mol. The average Bonchev–Trinajstić information content (AvgIpc) is 2.99. The van der Waals surface area contributed by atoms with Crippen LogP contribution in [0, 0.1) is 0 Å². The van der Waals surface area contributed by atoms with Crippen LogP contribution in [0.3, 0.4) is 0 Å². The van der Waals surface area contributed by atoms with Gasteiger partial charge in [0.1, 0.15) is 5.71 Å².